The van der Waals surface area contributed by atoms with Crippen LogP contribution < -0.4 is 10.0 Å². The maximum atomic E-state index is 12.8. The Bertz CT molecular complexity index is 683. The lowest BCUT2D eigenvalue weighted by Gasteiger charge is -2.25. The molecule has 1 unspecified atom stereocenters. The molecule has 0 aliphatic heterocycles. The van der Waals surface area contributed by atoms with Crippen molar-refractivity contribution in [3.63, 3.8) is 0 Å². The summed E-state index contributed by atoms with van der Waals surface area (Å²) in [7, 11) is -3.75. The third-order valence-corrected chi connectivity index (χ3v) is 4.75. The lowest BCUT2D eigenvalue weighted by molar-refractivity contribution is 0.204. The highest BCUT2D eigenvalue weighted by atomic mass is 32.2. The average Bonchev–Trinajstić information content (AvgIpc) is 2.46. The zero-order valence-corrected chi connectivity index (χ0v) is 12.5. The number of hydrogen-bond donors (Lipinski definition) is 2. The highest BCUT2D eigenvalue weighted by molar-refractivity contribution is 7.92. The molecule has 0 radical (unpaired) electrons. The van der Waals surface area contributed by atoms with E-state index < -0.39 is 16.1 Å². The van der Waals surface area contributed by atoms with E-state index in [2.05, 4.69) is 0 Å². The van der Waals surface area contributed by atoms with Crippen molar-refractivity contribution in [2.75, 3.05) is 16.6 Å². The van der Waals surface area contributed by atoms with Crippen LogP contribution >= 0.6 is 0 Å². The molecule has 0 aliphatic carbocycles. The topological polar surface area (TPSA) is 83.6 Å². The summed E-state index contributed by atoms with van der Waals surface area (Å²) in [6.45, 7) is 1.53. The number of nitrogens with two attached hydrogens (primary N) is 1. The van der Waals surface area contributed by atoms with Gasteiger partial charge in [-0.25, -0.2) is 8.42 Å². The predicted molar refractivity (Wildman–Crippen MR) is 83.5 cm³/mol. The molecule has 0 spiro atoms. The van der Waals surface area contributed by atoms with Gasteiger partial charge in [0.2, 0.25) is 0 Å². The predicted octanol–water partition coefficient (Wildman–Crippen LogP) is 1.84. The smallest absolute Gasteiger partial charge is 0.264 e. The second-order valence-corrected chi connectivity index (χ2v) is 6.65. The molecule has 0 heterocycles. The van der Waals surface area contributed by atoms with E-state index in [-0.39, 0.29) is 11.4 Å². The zero-order valence-electron chi connectivity index (χ0n) is 11.7. The van der Waals surface area contributed by atoms with Crippen LogP contribution in [0.1, 0.15) is 6.92 Å². The fourth-order valence-electron chi connectivity index (χ4n) is 1.94. The minimum Gasteiger partial charge on any atom is -0.399 e. The van der Waals surface area contributed by atoms with Gasteiger partial charge < -0.3 is 10.8 Å². The number of hydrogen-bond acceptors (Lipinski definition) is 4. The number of benzene rings is 2. The molecule has 0 aliphatic rings. The average molecular weight is 306 g/mol. The van der Waals surface area contributed by atoms with Crippen LogP contribution in [0.5, 0.6) is 0 Å². The first-order chi connectivity index (χ1) is 9.91. The maximum absolute atomic E-state index is 12.8. The summed E-state index contributed by atoms with van der Waals surface area (Å²) in [5, 5.41) is 9.61. The first-order valence-electron chi connectivity index (χ1n) is 6.52. The van der Waals surface area contributed by atoms with E-state index in [0.717, 1.165) is 0 Å². The van der Waals surface area contributed by atoms with Crippen molar-refractivity contribution in [2.45, 2.75) is 17.9 Å². The van der Waals surface area contributed by atoms with Crippen molar-refractivity contribution in [1.29, 1.82) is 0 Å². The minimum atomic E-state index is -3.75. The summed E-state index contributed by atoms with van der Waals surface area (Å²) in [4.78, 5) is 0.140. The first-order valence-corrected chi connectivity index (χ1v) is 7.96. The number of nitrogen functional groups attached to an aromatic ring is 1. The molecule has 5 nitrogen and oxygen atoms in total. The van der Waals surface area contributed by atoms with Crippen LogP contribution in [0, 0.1) is 0 Å². The zero-order chi connectivity index (χ0) is 15.5. The third-order valence-electron chi connectivity index (χ3n) is 2.94. The molecule has 1 atom stereocenters. The summed E-state index contributed by atoms with van der Waals surface area (Å²) >= 11 is 0. The Morgan fingerprint density at radius 2 is 1.67 bits per heavy atom. The van der Waals surface area contributed by atoms with Crippen LogP contribution in [-0.4, -0.2) is 26.2 Å². The molecule has 3 N–H and O–H groups in total. The van der Waals surface area contributed by atoms with Crippen LogP contribution in [0.25, 0.3) is 0 Å². The van der Waals surface area contributed by atoms with Crippen LogP contribution in [0.4, 0.5) is 11.4 Å². The van der Waals surface area contributed by atoms with E-state index in [9.17, 15) is 13.5 Å². The molecule has 21 heavy (non-hydrogen) atoms. The van der Waals surface area contributed by atoms with Gasteiger partial charge in [0.25, 0.3) is 10.0 Å². The normalized spacial score (nSPS) is 12.9. The minimum absolute atomic E-state index is 0.0171. The molecule has 0 saturated carbocycles. The number of para-hydroxylation sites is 1. The van der Waals surface area contributed by atoms with Crippen LogP contribution in [0.2, 0.25) is 0 Å². The molecule has 0 fully saturated rings. The van der Waals surface area contributed by atoms with Gasteiger partial charge in [0, 0.05) is 5.69 Å². The second kappa shape index (κ2) is 6.15. The van der Waals surface area contributed by atoms with Gasteiger partial charge in [0.1, 0.15) is 0 Å². The van der Waals surface area contributed by atoms with Crippen molar-refractivity contribution < 1.29 is 13.5 Å². The van der Waals surface area contributed by atoms with Crippen molar-refractivity contribution in [3.05, 3.63) is 54.6 Å². The monoisotopic (exact) mass is 306 g/mol. The highest BCUT2D eigenvalue weighted by Crippen LogP contribution is 2.24. The number of aliphatic hydroxyl groups excluding tert-OH is 1. The quantitative estimate of drug-likeness (QED) is 0.826. The first kappa shape index (κ1) is 15.3. The van der Waals surface area contributed by atoms with Gasteiger partial charge in [-0.3, -0.25) is 4.31 Å². The Kier molecular flexibility index (Phi) is 4.50. The number of sulfonamides is 1. The number of aliphatic hydroxyl groups is 1. The molecule has 0 bridgehead atoms. The Balaban J connectivity index is 2.47. The maximum Gasteiger partial charge on any atom is 0.264 e. The summed E-state index contributed by atoms with van der Waals surface area (Å²) in [6, 6.07) is 14.7. The molecule has 0 aromatic heterocycles. The van der Waals surface area contributed by atoms with E-state index in [1.54, 1.807) is 49.4 Å². The van der Waals surface area contributed by atoms with Crippen molar-refractivity contribution >= 4 is 21.4 Å². The van der Waals surface area contributed by atoms with Crippen molar-refractivity contribution in [1.82, 2.24) is 0 Å². The van der Waals surface area contributed by atoms with E-state index in [0.29, 0.717) is 11.4 Å². The third kappa shape index (κ3) is 3.53. The van der Waals surface area contributed by atoms with Crippen molar-refractivity contribution in [2.24, 2.45) is 0 Å². The molecule has 2 aromatic rings. The Hall–Kier alpha value is -2.05. The fourth-order valence-corrected chi connectivity index (χ4v) is 3.49. The molecule has 0 saturated heterocycles. The lowest BCUT2D eigenvalue weighted by Crippen LogP contribution is -2.36. The second-order valence-electron chi connectivity index (χ2n) is 4.79. The van der Waals surface area contributed by atoms with Gasteiger partial charge in [-0.05, 0) is 43.3 Å². The van der Waals surface area contributed by atoms with Gasteiger partial charge in [-0.2, -0.15) is 0 Å². The Labute approximate surface area is 124 Å². The van der Waals surface area contributed by atoms with Gasteiger partial charge in [0.05, 0.1) is 23.2 Å². The van der Waals surface area contributed by atoms with Gasteiger partial charge >= 0.3 is 0 Å². The van der Waals surface area contributed by atoms with E-state index in [1.807, 2.05) is 0 Å². The van der Waals surface area contributed by atoms with Gasteiger partial charge in [-0.1, -0.05) is 18.2 Å². The number of nitrogens with zero attached hydrogens (tertiary/aromatic N) is 1. The van der Waals surface area contributed by atoms with Crippen LogP contribution in [0.3, 0.4) is 0 Å². The molecular formula is C15H18N2O3S. The van der Waals surface area contributed by atoms with Crippen LogP contribution in [0.15, 0.2) is 59.5 Å². The van der Waals surface area contributed by atoms with E-state index in [4.69, 9.17) is 5.73 Å². The number of anilines is 2. The SMILES string of the molecule is CC(O)CN(c1ccccc1)S(=O)(=O)c1ccc(N)cc1. The summed E-state index contributed by atoms with van der Waals surface area (Å²) in [6.07, 6.45) is -0.784. The van der Waals surface area contributed by atoms with Gasteiger partial charge in [-0.15, -0.1) is 0 Å². The Morgan fingerprint density at radius 3 is 2.19 bits per heavy atom. The molecule has 2 aromatic carbocycles. The molecule has 112 valence electrons. The fraction of sp³-hybridized carbons (Fsp3) is 0.200. The van der Waals surface area contributed by atoms with Gasteiger partial charge in [0.15, 0.2) is 0 Å². The molecule has 6 heteroatoms. The standard InChI is InChI=1S/C15H18N2O3S/c1-12(18)11-17(14-5-3-2-4-6-14)21(19,20)15-9-7-13(16)8-10-15/h2-10,12,18H,11,16H2,1H3. The van der Waals surface area contributed by atoms with Crippen LogP contribution in [-0.2, 0) is 10.0 Å². The summed E-state index contributed by atoms with van der Waals surface area (Å²) in [5.74, 6) is 0. The summed E-state index contributed by atoms with van der Waals surface area (Å²) in [5.41, 5.74) is 6.60. The van der Waals surface area contributed by atoms with Crippen molar-refractivity contribution in [3.8, 4) is 0 Å². The largest absolute Gasteiger partial charge is 0.399 e. The highest BCUT2D eigenvalue weighted by Gasteiger charge is 2.25. The molecular weight excluding hydrogens is 288 g/mol. The van der Waals surface area contributed by atoms with E-state index in [1.165, 1.54) is 16.4 Å². The molecule has 2 rings (SSSR count). The Morgan fingerprint density at radius 1 is 1.10 bits per heavy atom. The lowest BCUT2D eigenvalue weighted by atomic mass is 10.3. The number of rotatable bonds is 5. The summed E-state index contributed by atoms with van der Waals surface area (Å²) < 4.78 is 26.7. The van der Waals surface area contributed by atoms with E-state index >= 15 is 0 Å². The molecule has 0 amide bonds.